The molecule has 1 unspecified atom stereocenters. The van der Waals surface area contributed by atoms with Crippen LogP contribution in [0.3, 0.4) is 0 Å². The minimum Gasteiger partial charge on any atom is -0.323 e. The highest BCUT2D eigenvalue weighted by Crippen LogP contribution is 2.20. The Labute approximate surface area is 175 Å². The number of hydrogen-bond acceptors (Lipinski definition) is 4. The van der Waals surface area contributed by atoms with Crippen LogP contribution >= 0.6 is 12.4 Å². The lowest BCUT2D eigenvalue weighted by Gasteiger charge is -2.10. The molecule has 1 amide bonds. The Morgan fingerprint density at radius 3 is 2.55 bits per heavy atom. The van der Waals surface area contributed by atoms with Gasteiger partial charge in [0.25, 0.3) is 0 Å². The third-order valence-corrected chi connectivity index (χ3v) is 5.02. The van der Waals surface area contributed by atoms with E-state index in [1.165, 1.54) is 30.7 Å². The van der Waals surface area contributed by atoms with E-state index in [0.29, 0.717) is 11.6 Å². The number of benzene rings is 2. The Bertz CT molecular complexity index is 940. The average Bonchev–Trinajstić information content (AvgIpc) is 3.39. The highest BCUT2D eigenvalue weighted by Gasteiger charge is 2.15. The van der Waals surface area contributed by atoms with Gasteiger partial charge in [0, 0.05) is 0 Å². The van der Waals surface area contributed by atoms with Gasteiger partial charge in [0.2, 0.25) is 5.91 Å². The first-order valence-corrected chi connectivity index (χ1v) is 9.40. The lowest BCUT2D eigenvalue weighted by atomic mass is 9.97. The number of carbonyl (C=O) groups excluding carboxylic acids is 1. The summed E-state index contributed by atoms with van der Waals surface area (Å²) >= 11 is 0. The van der Waals surface area contributed by atoms with E-state index in [0.717, 1.165) is 25.1 Å². The number of hydrogen-bond donors (Lipinski definition) is 2. The maximum absolute atomic E-state index is 14.1. The maximum Gasteiger partial charge on any atom is 0.228 e. The molecule has 0 spiro atoms. The summed E-state index contributed by atoms with van der Waals surface area (Å²) in [7, 11) is 0. The number of anilines is 1. The second kappa shape index (κ2) is 9.62. The molecule has 1 atom stereocenters. The minimum atomic E-state index is -0.481. The minimum absolute atomic E-state index is 0. The van der Waals surface area contributed by atoms with Crippen LogP contribution in [0.4, 0.5) is 10.1 Å². The molecule has 1 fully saturated rings. The van der Waals surface area contributed by atoms with Gasteiger partial charge in [-0.05, 0) is 61.2 Å². The first kappa shape index (κ1) is 21.0. The van der Waals surface area contributed by atoms with Crippen LogP contribution in [-0.4, -0.2) is 33.8 Å². The SMILES string of the molecule is Cl.O=C(Cc1ccc(CC2CCNC2)cc1)Nc1cc(-n2cnnc2)ccc1F. The Morgan fingerprint density at radius 2 is 1.86 bits per heavy atom. The maximum atomic E-state index is 14.1. The Kier molecular flexibility index (Phi) is 6.95. The first-order chi connectivity index (χ1) is 13.7. The summed E-state index contributed by atoms with van der Waals surface area (Å²) in [5.74, 6) is -0.0478. The topological polar surface area (TPSA) is 71.8 Å². The molecule has 3 aromatic rings. The zero-order valence-corrected chi connectivity index (χ0v) is 16.7. The fraction of sp³-hybridized carbons (Fsp3) is 0.286. The van der Waals surface area contributed by atoms with Crippen molar-refractivity contribution < 1.29 is 9.18 Å². The second-order valence-corrected chi connectivity index (χ2v) is 7.14. The van der Waals surface area contributed by atoms with Gasteiger partial charge in [0.05, 0.1) is 17.8 Å². The van der Waals surface area contributed by atoms with Crippen molar-refractivity contribution in [1.82, 2.24) is 20.1 Å². The summed E-state index contributed by atoms with van der Waals surface area (Å²) in [6.45, 7) is 2.17. The normalized spacial score (nSPS) is 15.7. The molecule has 29 heavy (non-hydrogen) atoms. The van der Waals surface area contributed by atoms with Crippen LogP contribution in [0.5, 0.6) is 0 Å². The largest absolute Gasteiger partial charge is 0.323 e. The Balaban J connectivity index is 0.00000240. The van der Waals surface area contributed by atoms with Crippen molar-refractivity contribution in [2.75, 3.05) is 18.4 Å². The van der Waals surface area contributed by atoms with E-state index in [9.17, 15) is 9.18 Å². The van der Waals surface area contributed by atoms with E-state index in [1.54, 1.807) is 16.7 Å². The highest BCUT2D eigenvalue weighted by molar-refractivity contribution is 5.92. The van der Waals surface area contributed by atoms with Gasteiger partial charge >= 0.3 is 0 Å². The molecule has 1 aromatic heterocycles. The zero-order chi connectivity index (χ0) is 19.3. The molecular formula is C21H23ClFN5O. The van der Waals surface area contributed by atoms with Crippen molar-refractivity contribution in [2.24, 2.45) is 5.92 Å². The summed E-state index contributed by atoms with van der Waals surface area (Å²) in [6.07, 6.45) is 5.50. The van der Waals surface area contributed by atoms with Crippen molar-refractivity contribution in [3.63, 3.8) is 0 Å². The van der Waals surface area contributed by atoms with Crippen molar-refractivity contribution in [1.29, 1.82) is 0 Å². The quantitative estimate of drug-likeness (QED) is 0.648. The van der Waals surface area contributed by atoms with Crippen LogP contribution in [-0.2, 0) is 17.6 Å². The molecule has 1 aliphatic heterocycles. The summed E-state index contributed by atoms with van der Waals surface area (Å²) in [4.78, 5) is 12.4. The van der Waals surface area contributed by atoms with Crippen molar-refractivity contribution in [2.45, 2.75) is 19.3 Å². The lowest BCUT2D eigenvalue weighted by molar-refractivity contribution is -0.115. The molecule has 4 rings (SSSR count). The van der Waals surface area contributed by atoms with E-state index in [-0.39, 0.29) is 30.4 Å². The van der Waals surface area contributed by atoms with Crippen molar-refractivity contribution >= 4 is 24.0 Å². The fourth-order valence-electron chi connectivity index (χ4n) is 3.50. The van der Waals surface area contributed by atoms with Crippen LogP contribution in [0.25, 0.3) is 5.69 Å². The van der Waals surface area contributed by atoms with Gasteiger partial charge in [-0.3, -0.25) is 9.36 Å². The Morgan fingerprint density at radius 1 is 1.14 bits per heavy atom. The monoisotopic (exact) mass is 415 g/mol. The zero-order valence-electron chi connectivity index (χ0n) is 15.8. The van der Waals surface area contributed by atoms with Gasteiger partial charge in [0.15, 0.2) is 0 Å². The van der Waals surface area contributed by atoms with Crippen molar-refractivity contribution in [3.05, 3.63) is 72.1 Å². The van der Waals surface area contributed by atoms with Crippen LogP contribution in [0.15, 0.2) is 55.1 Å². The van der Waals surface area contributed by atoms with Crippen LogP contribution in [0.2, 0.25) is 0 Å². The molecule has 8 heteroatoms. The predicted molar refractivity (Wildman–Crippen MR) is 112 cm³/mol. The number of amides is 1. The molecule has 6 nitrogen and oxygen atoms in total. The number of aromatic nitrogens is 3. The Hall–Kier alpha value is -2.77. The van der Waals surface area contributed by atoms with Gasteiger partial charge in [-0.1, -0.05) is 24.3 Å². The third kappa shape index (κ3) is 5.40. The molecule has 1 saturated heterocycles. The first-order valence-electron chi connectivity index (χ1n) is 9.40. The van der Waals surface area contributed by atoms with Crippen molar-refractivity contribution in [3.8, 4) is 5.69 Å². The van der Waals surface area contributed by atoms with E-state index >= 15 is 0 Å². The van der Waals surface area contributed by atoms with Gasteiger partial charge in [-0.25, -0.2) is 4.39 Å². The summed E-state index contributed by atoms with van der Waals surface area (Å²) in [6, 6.07) is 12.6. The van der Waals surface area contributed by atoms with E-state index in [4.69, 9.17) is 0 Å². The smallest absolute Gasteiger partial charge is 0.228 e. The van der Waals surface area contributed by atoms with E-state index in [1.807, 2.05) is 12.1 Å². The second-order valence-electron chi connectivity index (χ2n) is 7.14. The predicted octanol–water partition coefficient (Wildman–Crippen LogP) is 3.16. The lowest BCUT2D eigenvalue weighted by Crippen LogP contribution is -2.15. The third-order valence-electron chi connectivity index (χ3n) is 5.02. The standard InChI is InChI=1S/C21H22FN5O.ClH/c22-19-6-5-18(27-13-24-25-14-27)11-20(19)26-21(28)10-16-3-1-15(2-4-16)9-17-7-8-23-12-17;/h1-6,11,13-14,17,23H,7-10,12H2,(H,26,28);1H. The van der Waals surface area contributed by atoms with Gasteiger partial charge < -0.3 is 10.6 Å². The van der Waals surface area contributed by atoms with E-state index < -0.39 is 5.82 Å². The molecule has 0 radical (unpaired) electrons. The molecule has 0 aliphatic carbocycles. The van der Waals surface area contributed by atoms with Crippen LogP contribution < -0.4 is 10.6 Å². The van der Waals surface area contributed by atoms with E-state index in [2.05, 4.69) is 33.0 Å². The molecule has 2 heterocycles. The number of nitrogens with zero attached hydrogens (tertiary/aromatic N) is 3. The number of carbonyl (C=O) groups is 1. The highest BCUT2D eigenvalue weighted by atomic mass is 35.5. The molecule has 0 bridgehead atoms. The fourth-order valence-corrected chi connectivity index (χ4v) is 3.50. The molecule has 0 saturated carbocycles. The molecule has 2 aromatic carbocycles. The van der Waals surface area contributed by atoms with Gasteiger partial charge in [-0.2, -0.15) is 0 Å². The summed E-state index contributed by atoms with van der Waals surface area (Å²) in [5, 5.41) is 13.5. The molecule has 2 N–H and O–H groups in total. The van der Waals surface area contributed by atoms with Crippen LogP contribution in [0, 0.1) is 11.7 Å². The number of rotatable bonds is 6. The molecular weight excluding hydrogens is 393 g/mol. The van der Waals surface area contributed by atoms with Crippen LogP contribution in [0.1, 0.15) is 17.5 Å². The van der Waals surface area contributed by atoms with Gasteiger partial charge in [0.1, 0.15) is 18.5 Å². The average molecular weight is 416 g/mol. The van der Waals surface area contributed by atoms with Gasteiger partial charge in [-0.15, -0.1) is 22.6 Å². The number of nitrogens with one attached hydrogen (secondary N) is 2. The molecule has 1 aliphatic rings. The summed E-state index contributed by atoms with van der Waals surface area (Å²) < 4.78 is 15.7. The molecule has 152 valence electrons. The number of halogens is 2. The summed E-state index contributed by atoms with van der Waals surface area (Å²) in [5.41, 5.74) is 3.00.